The number of quaternary nitrogens is 1. The van der Waals surface area contributed by atoms with Crippen LogP contribution in [0.25, 0.3) is 0 Å². The van der Waals surface area contributed by atoms with Gasteiger partial charge in [0.25, 0.3) is 5.91 Å². The highest BCUT2D eigenvalue weighted by Crippen LogP contribution is 2.34. The molecule has 0 bridgehead atoms. The van der Waals surface area contributed by atoms with Crippen molar-refractivity contribution >= 4 is 17.6 Å². The molecule has 1 unspecified atom stereocenters. The van der Waals surface area contributed by atoms with Gasteiger partial charge in [0.05, 0.1) is 39.5 Å². The maximum atomic E-state index is 12.2. The topological polar surface area (TPSA) is 77.0 Å². The minimum Gasteiger partial charge on any atom is -1.00 e. The van der Waals surface area contributed by atoms with Crippen molar-refractivity contribution in [1.29, 1.82) is 0 Å². The van der Waals surface area contributed by atoms with E-state index in [1.54, 1.807) is 13.2 Å². The van der Waals surface area contributed by atoms with Gasteiger partial charge in [-0.05, 0) is 35.9 Å². The first kappa shape index (κ1) is 23.4. The van der Waals surface area contributed by atoms with E-state index in [4.69, 9.17) is 9.47 Å². The first-order valence-corrected chi connectivity index (χ1v) is 9.37. The van der Waals surface area contributed by atoms with Gasteiger partial charge in [0, 0.05) is 12.0 Å². The largest absolute Gasteiger partial charge is 1.00 e. The molecule has 0 fully saturated rings. The number of nitrogens with zero attached hydrogens (tertiary/aromatic N) is 2. The van der Waals surface area contributed by atoms with Crippen molar-refractivity contribution in [3.63, 3.8) is 0 Å². The van der Waals surface area contributed by atoms with Crippen LogP contribution in [0.1, 0.15) is 34.0 Å². The minimum absolute atomic E-state index is 0. The van der Waals surface area contributed by atoms with E-state index in [1.807, 2.05) is 63.6 Å². The fourth-order valence-electron chi connectivity index (χ4n) is 3.15. The number of ether oxygens (including phenoxy) is 2. The van der Waals surface area contributed by atoms with Crippen LogP contribution in [-0.2, 0) is 9.53 Å². The molecule has 0 saturated carbocycles. The molecule has 1 atom stereocenters. The molecular weight excluding hydrogens is 406 g/mol. The lowest BCUT2D eigenvalue weighted by molar-refractivity contribution is -0.862. The molecule has 0 aliphatic carbocycles. The molecule has 160 valence electrons. The number of esters is 1. The minimum atomic E-state index is -0.449. The lowest BCUT2D eigenvalue weighted by Gasteiger charge is -2.22. The van der Waals surface area contributed by atoms with E-state index in [-0.39, 0.29) is 24.3 Å². The van der Waals surface area contributed by atoms with E-state index in [1.165, 1.54) is 0 Å². The standard InChI is InChI=1S/C22H25N3O4.ClH/c1-25(2,3)14-21(26)24-23-19(15-9-11-16(28-4)12-10-15)13-20-17-7-5-6-8-18(17)22(27)29-20;/h5-12,20H,13-14H2,1-4H3;1H. The fraction of sp³-hybridized carbons (Fsp3) is 0.318. The second kappa shape index (κ2) is 9.73. The molecule has 8 heteroatoms. The van der Waals surface area contributed by atoms with Crippen LogP contribution in [0.3, 0.4) is 0 Å². The van der Waals surface area contributed by atoms with Crippen LogP contribution >= 0.6 is 0 Å². The number of likely N-dealkylation sites (N-methyl/N-ethyl adjacent to an activating group) is 1. The molecule has 1 N–H and O–H groups in total. The Labute approximate surface area is 182 Å². The molecule has 0 saturated heterocycles. The van der Waals surface area contributed by atoms with Crippen molar-refractivity contribution in [3.8, 4) is 5.75 Å². The van der Waals surface area contributed by atoms with Crippen molar-refractivity contribution in [2.45, 2.75) is 12.5 Å². The zero-order valence-electron chi connectivity index (χ0n) is 17.5. The van der Waals surface area contributed by atoms with Crippen LogP contribution in [-0.4, -0.2) is 56.9 Å². The zero-order valence-corrected chi connectivity index (χ0v) is 18.3. The predicted octanol–water partition coefficient (Wildman–Crippen LogP) is -0.472. The van der Waals surface area contributed by atoms with Crippen LogP contribution in [0.5, 0.6) is 5.75 Å². The molecule has 1 aliphatic rings. The highest BCUT2D eigenvalue weighted by Gasteiger charge is 2.31. The number of nitrogens with one attached hydrogen (secondary N) is 1. The maximum Gasteiger partial charge on any atom is 0.339 e. The first-order valence-electron chi connectivity index (χ1n) is 9.37. The summed E-state index contributed by atoms with van der Waals surface area (Å²) in [5.41, 5.74) is 5.48. The van der Waals surface area contributed by atoms with Gasteiger partial charge in [-0.15, -0.1) is 0 Å². The second-order valence-electron chi connectivity index (χ2n) is 7.96. The Morgan fingerprint density at radius 2 is 1.80 bits per heavy atom. The Morgan fingerprint density at radius 3 is 2.43 bits per heavy atom. The predicted molar refractivity (Wildman–Crippen MR) is 110 cm³/mol. The van der Waals surface area contributed by atoms with Gasteiger partial charge in [-0.3, -0.25) is 4.79 Å². The third-order valence-electron chi connectivity index (χ3n) is 4.51. The van der Waals surface area contributed by atoms with Crippen molar-refractivity contribution in [3.05, 3.63) is 65.2 Å². The molecular formula is C22H26ClN3O4. The van der Waals surface area contributed by atoms with Gasteiger partial charge in [0.2, 0.25) is 0 Å². The van der Waals surface area contributed by atoms with Crippen LogP contribution in [0.15, 0.2) is 53.6 Å². The Balaban J connectivity index is 0.00000320. The highest BCUT2D eigenvalue weighted by atomic mass is 35.5. The summed E-state index contributed by atoms with van der Waals surface area (Å²) in [6.45, 7) is 0.292. The SMILES string of the molecule is COc1ccc(C(CC2OC(=O)c3ccccc32)=NNC(=O)C[N+](C)(C)C)cc1.[Cl-]. The number of fused-ring (bicyclic) bond motifs is 1. The second-order valence-corrected chi connectivity index (χ2v) is 7.96. The zero-order chi connectivity index (χ0) is 21.0. The first-order chi connectivity index (χ1) is 13.8. The maximum absolute atomic E-state index is 12.2. The number of methoxy groups -OCH3 is 1. The van der Waals surface area contributed by atoms with Gasteiger partial charge in [-0.1, -0.05) is 18.2 Å². The average Bonchev–Trinajstić information content (AvgIpc) is 3.00. The number of rotatable bonds is 7. The molecule has 30 heavy (non-hydrogen) atoms. The fourth-order valence-corrected chi connectivity index (χ4v) is 3.15. The molecule has 1 aliphatic heterocycles. The summed E-state index contributed by atoms with van der Waals surface area (Å²) >= 11 is 0. The number of halogens is 1. The lowest BCUT2D eigenvalue weighted by atomic mass is 9.98. The lowest BCUT2D eigenvalue weighted by Crippen LogP contribution is -3.00. The number of hydrogen-bond acceptors (Lipinski definition) is 5. The van der Waals surface area contributed by atoms with Crippen molar-refractivity contribution in [1.82, 2.24) is 5.43 Å². The Kier molecular flexibility index (Phi) is 7.59. The Hall–Kier alpha value is -2.90. The molecule has 7 nitrogen and oxygen atoms in total. The van der Waals surface area contributed by atoms with Crippen LogP contribution in [0, 0.1) is 0 Å². The molecule has 0 aromatic heterocycles. The van der Waals surface area contributed by atoms with Gasteiger partial charge < -0.3 is 26.4 Å². The molecule has 2 aromatic rings. The summed E-state index contributed by atoms with van der Waals surface area (Å²) in [5, 5.41) is 4.37. The molecule has 1 heterocycles. The van der Waals surface area contributed by atoms with Crippen LogP contribution in [0.2, 0.25) is 0 Å². The van der Waals surface area contributed by atoms with Crippen molar-refractivity contribution in [2.75, 3.05) is 34.8 Å². The monoisotopic (exact) mass is 431 g/mol. The summed E-state index contributed by atoms with van der Waals surface area (Å²) < 4.78 is 11.3. The Morgan fingerprint density at radius 1 is 1.13 bits per heavy atom. The molecule has 1 amide bonds. The van der Waals surface area contributed by atoms with Crippen molar-refractivity contribution in [2.24, 2.45) is 5.10 Å². The summed E-state index contributed by atoms with van der Waals surface area (Å²) in [6, 6.07) is 14.7. The van der Waals surface area contributed by atoms with E-state index in [2.05, 4.69) is 10.5 Å². The van der Waals surface area contributed by atoms with Gasteiger partial charge >= 0.3 is 5.97 Å². The van der Waals surface area contributed by atoms with E-state index in [0.29, 0.717) is 28.7 Å². The number of hydrazone groups is 1. The molecule has 2 aromatic carbocycles. The summed E-state index contributed by atoms with van der Waals surface area (Å²) in [6.07, 6.45) is -0.102. The van der Waals surface area contributed by atoms with Gasteiger partial charge in [-0.25, -0.2) is 10.2 Å². The van der Waals surface area contributed by atoms with Crippen LogP contribution in [0.4, 0.5) is 0 Å². The summed E-state index contributed by atoms with van der Waals surface area (Å²) in [4.78, 5) is 24.4. The quantitative estimate of drug-likeness (QED) is 0.278. The van der Waals surface area contributed by atoms with Gasteiger partial charge in [0.15, 0.2) is 6.54 Å². The third kappa shape index (κ3) is 5.81. The number of cyclic esters (lactones) is 1. The number of amides is 1. The summed E-state index contributed by atoms with van der Waals surface area (Å²) in [5.74, 6) is 0.195. The normalized spacial score (nSPS) is 15.7. The molecule has 0 radical (unpaired) electrons. The third-order valence-corrected chi connectivity index (χ3v) is 4.51. The van der Waals surface area contributed by atoms with E-state index in [9.17, 15) is 9.59 Å². The molecule has 3 rings (SSSR count). The van der Waals surface area contributed by atoms with E-state index in [0.717, 1.165) is 16.9 Å². The van der Waals surface area contributed by atoms with E-state index >= 15 is 0 Å². The van der Waals surface area contributed by atoms with Gasteiger partial charge in [-0.2, -0.15) is 5.10 Å². The van der Waals surface area contributed by atoms with Crippen LogP contribution < -0.4 is 22.6 Å². The number of hydrogen-bond donors (Lipinski definition) is 1. The van der Waals surface area contributed by atoms with Gasteiger partial charge in [0.1, 0.15) is 11.9 Å². The summed E-state index contributed by atoms with van der Waals surface area (Å²) in [7, 11) is 7.40. The van der Waals surface area contributed by atoms with Crippen molar-refractivity contribution < 1.29 is 36.0 Å². The number of benzene rings is 2. The highest BCUT2D eigenvalue weighted by molar-refractivity contribution is 6.02. The van der Waals surface area contributed by atoms with E-state index < -0.39 is 6.10 Å². The smallest absolute Gasteiger partial charge is 0.339 e. The average molecular weight is 432 g/mol. The number of carbonyl (C=O) groups is 2. The number of carbonyl (C=O) groups excluding carboxylic acids is 2. The molecule has 0 spiro atoms. The Bertz CT molecular complexity index is 936.